The van der Waals surface area contributed by atoms with Gasteiger partial charge in [0.2, 0.25) is 11.8 Å². The molecule has 1 N–H and O–H groups in total. The first-order valence-corrected chi connectivity index (χ1v) is 9.44. The molecule has 1 fully saturated rings. The molecule has 2 heterocycles. The van der Waals surface area contributed by atoms with Crippen LogP contribution in [0, 0.1) is 18.8 Å². The van der Waals surface area contributed by atoms with E-state index in [9.17, 15) is 14.4 Å². The Kier molecular flexibility index (Phi) is 6.32. The smallest absolute Gasteiger partial charge is 0.329 e. The molecule has 1 atom stereocenters. The average molecular weight is 382 g/mol. The molecule has 0 aliphatic carbocycles. The highest BCUT2D eigenvalue weighted by Crippen LogP contribution is 2.24. The van der Waals surface area contributed by atoms with Crippen LogP contribution in [-0.4, -0.2) is 34.2 Å². The Bertz CT molecular complexity index is 1010. The molecule has 1 unspecified atom stereocenters. The van der Waals surface area contributed by atoms with Gasteiger partial charge in [-0.2, -0.15) is 0 Å². The highest BCUT2D eigenvalue weighted by atomic mass is 16.5. The van der Waals surface area contributed by atoms with E-state index in [0.717, 1.165) is 18.4 Å². The van der Waals surface area contributed by atoms with Gasteiger partial charge in [0.1, 0.15) is 6.04 Å². The molecule has 7 heteroatoms. The summed E-state index contributed by atoms with van der Waals surface area (Å²) in [4.78, 5) is 36.5. The molecule has 1 aliphatic rings. The van der Waals surface area contributed by atoms with Gasteiger partial charge in [-0.25, -0.2) is 4.79 Å². The van der Waals surface area contributed by atoms with Crippen molar-refractivity contribution < 1.29 is 14.3 Å². The summed E-state index contributed by atoms with van der Waals surface area (Å²) in [5, 5.41) is 2.31. The van der Waals surface area contributed by atoms with Crippen LogP contribution in [0.2, 0.25) is 0 Å². The van der Waals surface area contributed by atoms with Crippen molar-refractivity contribution in [1.82, 2.24) is 14.5 Å². The Morgan fingerprint density at radius 2 is 2.11 bits per heavy atom. The molecule has 7 nitrogen and oxygen atoms in total. The van der Waals surface area contributed by atoms with Gasteiger partial charge in [-0.15, -0.1) is 0 Å². The average Bonchev–Trinajstić information content (AvgIpc) is 2.93. The molecule has 0 bridgehead atoms. The van der Waals surface area contributed by atoms with E-state index in [-0.39, 0.29) is 18.0 Å². The second-order valence-corrected chi connectivity index (χ2v) is 6.72. The molecule has 0 saturated carbocycles. The van der Waals surface area contributed by atoms with Crippen LogP contribution in [0.15, 0.2) is 23.0 Å². The molecular weight excluding hydrogens is 358 g/mol. The summed E-state index contributed by atoms with van der Waals surface area (Å²) in [6.45, 7) is 5.01. The Labute approximate surface area is 163 Å². The number of nitrogens with zero attached hydrogens (tertiary/aromatic N) is 2. The van der Waals surface area contributed by atoms with Crippen LogP contribution in [0.4, 0.5) is 0 Å². The number of imidazole rings is 1. The summed E-state index contributed by atoms with van der Waals surface area (Å²) < 4.78 is 8.44. The van der Waals surface area contributed by atoms with E-state index in [2.05, 4.69) is 24.1 Å². The SMILES string of the molecule is [CH2]CCCOCCC#Cc1cccc2c1n(C)c(=O)n2C1CCC(=O)NC1=O. The molecule has 1 saturated heterocycles. The molecule has 1 aromatic carbocycles. The van der Waals surface area contributed by atoms with Gasteiger partial charge in [0.25, 0.3) is 0 Å². The normalized spacial score (nSPS) is 16.7. The number of carbonyl (C=O) groups excluding carboxylic acids is 2. The Balaban J connectivity index is 1.89. The van der Waals surface area contributed by atoms with Crippen LogP contribution >= 0.6 is 0 Å². The van der Waals surface area contributed by atoms with Crippen LogP contribution < -0.4 is 11.0 Å². The van der Waals surface area contributed by atoms with Gasteiger partial charge in [-0.3, -0.25) is 24.0 Å². The zero-order valence-corrected chi connectivity index (χ0v) is 16.0. The number of aromatic nitrogens is 2. The minimum absolute atomic E-state index is 0.215. The van der Waals surface area contributed by atoms with Gasteiger partial charge in [-0.1, -0.05) is 31.3 Å². The number of carbonyl (C=O) groups is 2. The molecular formula is C21H24N3O4. The fraction of sp³-hybridized carbons (Fsp3) is 0.429. The fourth-order valence-corrected chi connectivity index (χ4v) is 3.36. The number of piperidine rings is 1. The maximum Gasteiger partial charge on any atom is 0.329 e. The number of hydrogen-bond acceptors (Lipinski definition) is 4. The number of rotatable bonds is 6. The van der Waals surface area contributed by atoms with Crippen LogP contribution in [0.3, 0.4) is 0 Å². The summed E-state index contributed by atoms with van der Waals surface area (Å²) in [6, 6.07) is 4.78. The summed E-state index contributed by atoms with van der Waals surface area (Å²) >= 11 is 0. The number of unbranched alkanes of at least 4 members (excludes halogenated alkanes) is 1. The lowest BCUT2D eigenvalue weighted by molar-refractivity contribution is -0.135. The fourth-order valence-electron chi connectivity index (χ4n) is 3.36. The number of fused-ring (bicyclic) bond motifs is 1. The van der Waals surface area contributed by atoms with Crippen molar-refractivity contribution in [2.24, 2.45) is 7.05 Å². The molecule has 2 amide bonds. The largest absolute Gasteiger partial charge is 0.380 e. The highest BCUT2D eigenvalue weighted by molar-refractivity contribution is 6.00. The molecule has 1 aromatic heterocycles. The standard InChI is InChI=1S/C21H24N3O4/c1-3-4-13-28-14-6-5-8-15-9-7-10-16-19(15)23(2)21(27)24(16)17-11-12-18(25)22-20(17)26/h7,9-10,17H,1,3-4,6,11-14H2,2H3,(H,22,25,26). The summed E-state index contributed by atoms with van der Waals surface area (Å²) in [6.07, 6.45) is 2.90. The number of amides is 2. The quantitative estimate of drug-likeness (QED) is 0.468. The Hall–Kier alpha value is -2.85. The van der Waals surface area contributed by atoms with Gasteiger partial charge in [0.05, 0.1) is 23.2 Å². The van der Waals surface area contributed by atoms with Crippen molar-refractivity contribution in [3.8, 4) is 11.8 Å². The first kappa shape index (κ1) is 19.9. The van der Waals surface area contributed by atoms with E-state index in [1.807, 2.05) is 12.1 Å². The number of hydrogen-bond donors (Lipinski definition) is 1. The Morgan fingerprint density at radius 3 is 2.86 bits per heavy atom. The van der Waals surface area contributed by atoms with Gasteiger partial charge in [-0.05, 0) is 25.0 Å². The van der Waals surface area contributed by atoms with Gasteiger partial charge < -0.3 is 4.74 Å². The zero-order chi connectivity index (χ0) is 20.1. The minimum atomic E-state index is -0.696. The minimum Gasteiger partial charge on any atom is -0.380 e. The first-order chi connectivity index (χ1) is 13.5. The van der Waals surface area contributed by atoms with Crippen molar-refractivity contribution in [3.05, 3.63) is 41.2 Å². The highest BCUT2D eigenvalue weighted by Gasteiger charge is 2.31. The van der Waals surface area contributed by atoms with Crippen molar-refractivity contribution in [2.75, 3.05) is 13.2 Å². The van der Waals surface area contributed by atoms with Gasteiger partial charge in [0.15, 0.2) is 0 Å². The predicted molar refractivity (Wildman–Crippen MR) is 106 cm³/mol. The van der Waals surface area contributed by atoms with Crippen LogP contribution in [0.5, 0.6) is 0 Å². The second kappa shape index (κ2) is 8.89. The maximum atomic E-state index is 12.8. The molecule has 1 radical (unpaired) electrons. The van der Waals surface area contributed by atoms with Crippen molar-refractivity contribution in [2.45, 2.75) is 38.1 Å². The number of aryl methyl sites for hydroxylation is 1. The van der Waals surface area contributed by atoms with Gasteiger partial charge >= 0.3 is 5.69 Å². The Morgan fingerprint density at radius 1 is 1.29 bits per heavy atom. The first-order valence-electron chi connectivity index (χ1n) is 9.44. The van der Waals surface area contributed by atoms with E-state index < -0.39 is 11.9 Å². The summed E-state index contributed by atoms with van der Waals surface area (Å²) in [5.41, 5.74) is 1.75. The lowest BCUT2D eigenvalue weighted by Gasteiger charge is -2.21. The maximum absolute atomic E-state index is 12.8. The summed E-state index contributed by atoms with van der Waals surface area (Å²) in [7, 11) is 1.67. The van der Waals surface area contributed by atoms with E-state index in [1.54, 1.807) is 13.1 Å². The van der Waals surface area contributed by atoms with E-state index in [0.29, 0.717) is 37.1 Å². The third kappa shape index (κ3) is 4.02. The lowest BCUT2D eigenvalue weighted by atomic mass is 10.1. The molecule has 2 aromatic rings. The topological polar surface area (TPSA) is 82.3 Å². The van der Waals surface area contributed by atoms with Crippen LogP contribution in [0.25, 0.3) is 11.0 Å². The predicted octanol–water partition coefficient (Wildman–Crippen LogP) is 1.69. The monoisotopic (exact) mass is 382 g/mol. The molecule has 3 rings (SSSR count). The van der Waals surface area contributed by atoms with Gasteiger partial charge in [0, 0.05) is 26.5 Å². The number of para-hydroxylation sites is 1. The van der Waals surface area contributed by atoms with Crippen LogP contribution in [0.1, 0.15) is 43.7 Å². The van der Waals surface area contributed by atoms with Crippen molar-refractivity contribution in [3.63, 3.8) is 0 Å². The molecule has 1 aliphatic heterocycles. The number of ether oxygens (including phenoxy) is 1. The number of benzene rings is 1. The third-order valence-corrected chi connectivity index (χ3v) is 4.76. The van der Waals surface area contributed by atoms with Crippen LogP contribution in [-0.2, 0) is 21.4 Å². The van der Waals surface area contributed by atoms with E-state index in [4.69, 9.17) is 4.74 Å². The number of nitrogens with one attached hydrogen (secondary N) is 1. The molecule has 0 spiro atoms. The van der Waals surface area contributed by atoms with Crippen molar-refractivity contribution >= 4 is 22.8 Å². The molecule has 147 valence electrons. The summed E-state index contributed by atoms with van der Waals surface area (Å²) in [5.74, 6) is 5.44. The van der Waals surface area contributed by atoms with E-state index in [1.165, 1.54) is 9.13 Å². The zero-order valence-electron chi connectivity index (χ0n) is 16.0. The van der Waals surface area contributed by atoms with Crippen molar-refractivity contribution in [1.29, 1.82) is 0 Å². The molecule has 28 heavy (non-hydrogen) atoms. The van der Waals surface area contributed by atoms with E-state index >= 15 is 0 Å². The number of imide groups is 1. The third-order valence-electron chi connectivity index (χ3n) is 4.76. The lowest BCUT2D eigenvalue weighted by Crippen LogP contribution is -2.44. The second-order valence-electron chi connectivity index (χ2n) is 6.72.